The van der Waals surface area contributed by atoms with Crippen molar-refractivity contribution in [3.05, 3.63) is 40.4 Å². The van der Waals surface area contributed by atoms with Crippen LogP contribution in [0.4, 0.5) is 0 Å². The predicted octanol–water partition coefficient (Wildman–Crippen LogP) is 1.49. The van der Waals surface area contributed by atoms with Gasteiger partial charge >= 0.3 is 0 Å². The highest BCUT2D eigenvalue weighted by Gasteiger charge is 2.30. The van der Waals surface area contributed by atoms with Crippen LogP contribution in [0.1, 0.15) is 6.92 Å². The van der Waals surface area contributed by atoms with Gasteiger partial charge < -0.3 is 0 Å². The zero-order valence-electron chi connectivity index (χ0n) is 6.56. The van der Waals surface area contributed by atoms with Crippen LogP contribution in [0.2, 0.25) is 0 Å². The van der Waals surface area contributed by atoms with Crippen LogP contribution in [-0.4, -0.2) is 11.7 Å². The molecule has 0 amide bonds. The number of allylic oxidation sites excluding steroid dienone is 2. The molecular formula is C9H6N2O. The summed E-state index contributed by atoms with van der Waals surface area (Å²) in [6, 6.07) is 0. The molecule has 0 aliphatic heterocycles. The summed E-state index contributed by atoms with van der Waals surface area (Å²) >= 11 is 0. The third-order valence-electron chi connectivity index (χ3n) is 1.76. The van der Waals surface area contributed by atoms with E-state index in [1.54, 1.807) is 6.92 Å². The molecule has 1 aliphatic carbocycles. The molecule has 0 spiro atoms. The molecule has 0 aromatic rings. The van der Waals surface area contributed by atoms with Gasteiger partial charge in [0.2, 0.25) is 0 Å². The second-order valence-electron chi connectivity index (χ2n) is 2.39. The van der Waals surface area contributed by atoms with E-state index in [0.717, 1.165) is 0 Å². The lowest BCUT2D eigenvalue weighted by Gasteiger charge is -2.20. The van der Waals surface area contributed by atoms with Crippen molar-refractivity contribution in [1.29, 1.82) is 5.41 Å². The van der Waals surface area contributed by atoms with Crippen LogP contribution in [0.5, 0.6) is 0 Å². The Morgan fingerprint density at radius 3 is 2.67 bits per heavy atom. The smallest absolute Gasteiger partial charge is 0.254 e. The lowest BCUT2D eigenvalue weighted by molar-refractivity contribution is -0.113. The molecule has 0 fully saturated rings. The van der Waals surface area contributed by atoms with Gasteiger partial charge in [-0.25, -0.2) is 4.85 Å². The lowest BCUT2D eigenvalue weighted by Crippen LogP contribution is -2.20. The Labute approximate surface area is 70.0 Å². The van der Waals surface area contributed by atoms with Crippen LogP contribution >= 0.6 is 0 Å². The summed E-state index contributed by atoms with van der Waals surface area (Å²) in [5, 5.41) is 6.79. The molecule has 0 aromatic carbocycles. The normalized spacial score (nSPS) is 15.0. The Balaban J connectivity index is 3.27. The van der Waals surface area contributed by atoms with Crippen LogP contribution in [-0.2, 0) is 4.79 Å². The molecule has 58 valence electrons. The molecule has 1 rings (SSSR count). The zero-order chi connectivity index (χ0) is 9.30. The number of ketones is 1. The second kappa shape index (κ2) is 2.61. The van der Waals surface area contributed by atoms with Crippen LogP contribution in [0.15, 0.2) is 29.0 Å². The molecule has 0 aromatic heterocycles. The van der Waals surface area contributed by atoms with E-state index in [-0.39, 0.29) is 11.5 Å². The predicted molar refractivity (Wildman–Crippen MR) is 44.7 cm³/mol. The molecule has 0 heterocycles. The highest BCUT2D eigenvalue weighted by molar-refractivity contribution is 6.21. The molecule has 1 aliphatic rings. The number of hydrogen-bond acceptors (Lipinski definition) is 2. The Kier molecular flexibility index (Phi) is 1.78. The number of rotatable bonds is 1. The molecule has 0 saturated heterocycles. The van der Waals surface area contributed by atoms with E-state index in [2.05, 4.69) is 11.4 Å². The van der Waals surface area contributed by atoms with Gasteiger partial charge in [-0.05, 0) is 18.4 Å². The standard InChI is InChI=1S/C9H6N2O/c1-5-8(6(2)9(5)12)7(4-10)11-3/h10H,1H2,2H3. The number of hydrogen-bond donors (Lipinski definition) is 1. The van der Waals surface area contributed by atoms with Gasteiger partial charge in [-0.3, -0.25) is 10.2 Å². The van der Waals surface area contributed by atoms with Crippen LogP contribution < -0.4 is 0 Å². The lowest BCUT2D eigenvalue weighted by atomic mass is 9.82. The van der Waals surface area contributed by atoms with Crippen molar-refractivity contribution >= 4 is 11.7 Å². The van der Waals surface area contributed by atoms with E-state index >= 15 is 0 Å². The first-order valence-electron chi connectivity index (χ1n) is 3.25. The van der Waals surface area contributed by atoms with Gasteiger partial charge in [0.25, 0.3) is 5.70 Å². The number of nitrogens with one attached hydrogen (secondary N) is 1. The Bertz CT molecular complexity index is 401. The molecule has 3 heteroatoms. The van der Waals surface area contributed by atoms with Crippen molar-refractivity contribution in [2.75, 3.05) is 0 Å². The molecule has 3 nitrogen and oxygen atoms in total. The SMILES string of the molecule is [C-]#[N+]C(=C=N)C1=C(C)C(=O)C1=C. The third-order valence-corrected chi connectivity index (χ3v) is 1.76. The van der Waals surface area contributed by atoms with Crippen molar-refractivity contribution in [2.45, 2.75) is 6.92 Å². The molecule has 1 N–H and O–H groups in total. The maximum Gasteiger partial charge on any atom is 0.254 e. The molecule has 0 atom stereocenters. The van der Waals surface area contributed by atoms with Crippen molar-refractivity contribution in [3.8, 4) is 0 Å². The van der Waals surface area contributed by atoms with Gasteiger partial charge in [0, 0.05) is 11.1 Å². The summed E-state index contributed by atoms with van der Waals surface area (Å²) in [5.74, 6) is 1.85. The average molecular weight is 158 g/mol. The third kappa shape index (κ3) is 0.833. The summed E-state index contributed by atoms with van der Waals surface area (Å²) in [6.45, 7) is 11.8. The van der Waals surface area contributed by atoms with Gasteiger partial charge in [-0.2, -0.15) is 0 Å². The first-order valence-corrected chi connectivity index (χ1v) is 3.25. The van der Waals surface area contributed by atoms with E-state index in [9.17, 15) is 4.79 Å². The van der Waals surface area contributed by atoms with Gasteiger partial charge in [0.05, 0.1) is 6.57 Å². The van der Waals surface area contributed by atoms with Crippen LogP contribution in [0.25, 0.3) is 4.85 Å². The Morgan fingerprint density at radius 1 is 1.75 bits per heavy atom. The van der Waals surface area contributed by atoms with E-state index in [1.165, 1.54) is 0 Å². The summed E-state index contributed by atoms with van der Waals surface area (Å²) in [5.41, 5.74) is 1.38. The maximum absolute atomic E-state index is 10.9. The number of nitrogens with zero attached hydrogens (tertiary/aromatic N) is 1. The first-order chi connectivity index (χ1) is 5.63. The van der Waals surface area contributed by atoms with Crippen LogP contribution in [0, 0.1) is 12.0 Å². The van der Waals surface area contributed by atoms with Crippen molar-refractivity contribution < 1.29 is 4.79 Å². The average Bonchev–Trinajstić information content (AvgIpc) is 2.12. The molecule has 0 saturated carbocycles. The summed E-state index contributed by atoms with van der Waals surface area (Å²) < 4.78 is 0. The topological polar surface area (TPSA) is 45.3 Å². The van der Waals surface area contributed by atoms with Crippen molar-refractivity contribution in [3.63, 3.8) is 0 Å². The highest BCUT2D eigenvalue weighted by Crippen LogP contribution is 2.33. The zero-order valence-corrected chi connectivity index (χ0v) is 6.56. The van der Waals surface area contributed by atoms with Crippen molar-refractivity contribution in [1.82, 2.24) is 0 Å². The fourth-order valence-corrected chi connectivity index (χ4v) is 1.08. The second-order valence-corrected chi connectivity index (χ2v) is 2.39. The Morgan fingerprint density at radius 2 is 2.33 bits per heavy atom. The van der Waals surface area contributed by atoms with Crippen LogP contribution in [0.3, 0.4) is 0 Å². The minimum atomic E-state index is -0.124. The maximum atomic E-state index is 10.9. The van der Waals surface area contributed by atoms with Gasteiger partial charge in [0.15, 0.2) is 5.78 Å². The molecule has 0 unspecified atom stereocenters. The van der Waals surface area contributed by atoms with Gasteiger partial charge in [0.1, 0.15) is 0 Å². The minimum Gasteiger partial charge on any atom is -0.289 e. The monoisotopic (exact) mass is 158 g/mol. The number of carbonyl (C=O) groups is 1. The summed E-state index contributed by atoms with van der Waals surface area (Å²) in [6.07, 6.45) is 0. The van der Waals surface area contributed by atoms with E-state index in [0.29, 0.717) is 16.7 Å². The molecule has 0 bridgehead atoms. The van der Waals surface area contributed by atoms with Gasteiger partial charge in [-0.1, -0.05) is 6.58 Å². The van der Waals surface area contributed by atoms with Gasteiger partial charge in [-0.15, -0.1) is 0 Å². The van der Waals surface area contributed by atoms with E-state index in [1.807, 2.05) is 5.87 Å². The molecule has 12 heavy (non-hydrogen) atoms. The Hall–Kier alpha value is -1.91. The molecular weight excluding hydrogens is 152 g/mol. The van der Waals surface area contributed by atoms with E-state index < -0.39 is 0 Å². The largest absolute Gasteiger partial charge is 0.289 e. The quantitative estimate of drug-likeness (QED) is 0.351. The minimum absolute atomic E-state index is 0.0668. The first kappa shape index (κ1) is 8.19. The fourth-order valence-electron chi connectivity index (χ4n) is 1.08. The number of Topliss-reactive ketones (excluding diaryl/α,β-unsaturated/α-hetero) is 1. The van der Waals surface area contributed by atoms with E-state index in [4.69, 9.17) is 12.0 Å². The summed E-state index contributed by atoms with van der Waals surface area (Å²) in [4.78, 5) is 14.0. The fraction of sp³-hybridized carbons (Fsp3) is 0.111. The van der Waals surface area contributed by atoms with Crippen molar-refractivity contribution in [2.24, 2.45) is 0 Å². The molecule has 0 radical (unpaired) electrons. The highest BCUT2D eigenvalue weighted by atomic mass is 16.1. The number of carbonyl (C=O) groups excluding carboxylic acids is 1. The summed E-state index contributed by atoms with van der Waals surface area (Å²) in [7, 11) is 0.